The molecule has 9 unspecified atom stereocenters. The SMILES string of the molecule is C.CCC1OC(c2ccco2)OC(CO)C1O.COc1cc(C2OC(CO)C(C)C(C(O)CO)O2)ccc1O. The highest BCUT2D eigenvalue weighted by Gasteiger charge is 2.41. The molecule has 3 heterocycles. The van der Waals surface area contributed by atoms with Crippen molar-refractivity contribution in [3.8, 4) is 11.5 Å². The predicted molar refractivity (Wildman–Crippen MR) is 138 cm³/mol. The summed E-state index contributed by atoms with van der Waals surface area (Å²) in [5.74, 6) is 0.510. The first kappa shape index (κ1) is 32.9. The van der Waals surface area contributed by atoms with Gasteiger partial charge in [0.2, 0.25) is 6.29 Å². The van der Waals surface area contributed by atoms with Gasteiger partial charge in [0.15, 0.2) is 23.5 Å². The molecular formula is C27H42O12. The number of aliphatic hydroxyl groups is 5. The minimum atomic E-state index is -1.07. The van der Waals surface area contributed by atoms with Crippen molar-refractivity contribution in [3.05, 3.63) is 47.9 Å². The smallest absolute Gasteiger partial charge is 0.218 e. The maximum Gasteiger partial charge on any atom is 0.218 e. The van der Waals surface area contributed by atoms with Crippen LogP contribution in [0.2, 0.25) is 0 Å². The molecule has 0 radical (unpaired) electrons. The number of furan rings is 1. The number of benzene rings is 1. The van der Waals surface area contributed by atoms with E-state index in [4.69, 9.17) is 38.3 Å². The van der Waals surface area contributed by atoms with E-state index in [1.165, 1.54) is 19.4 Å². The zero-order valence-electron chi connectivity index (χ0n) is 21.6. The summed E-state index contributed by atoms with van der Waals surface area (Å²) in [6.07, 6.45) is -3.38. The maximum absolute atomic E-state index is 9.90. The van der Waals surface area contributed by atoms with Crippen molar-refractivity contribution in [2.45, 2.75) is 76.9 Å². The van der Waals surface area contributed by atoms with Gasteiger partial charge in [0, 0.05) is 11.5 Å². The molecular weight excluding hydrogens is 516 g/mol. The van der Waals surface area contributed by atoms with Crippen LogP contribution in [0.25, 0.3) is 0 Å². The fourth-order valence-corrected chi connectivity index (χ4v) is 4.34. The third-order valence-electron chi connectivity index (χ3n) is 6.62. The Kier molecular flexibility index (Phi) is 13.1. The number of hydrogen-bond donors (Lipinski definition) is 6. The summed E-state index contributed by atoms with van der Waals surface area (Å²) in [5.41, 5.74) is 0.579. The third kappa shape index (κ3) is 7.91. The van der Waals surface area contributed by atoms with Crippen LogP contribution in [0.3, 0.4) is 0 Å². The van der Waals surface area contributed by atoms with Gasteiger partial charge in [-0.1, -0.05) is 27.3 Å². The van der Waals surface area contributed by atoms with Gasteiger partial charge in [-0.2, -0.15) is 0 Å². The molecule has 0 aliphatic carbocycles. The molecule has 2 saturated heterocycles. The van der Waals surface area contributed by atoms with E-state index >= 15 is 0 Å². The molecule has 222 valence electrons. The summed E-state index contributed by atoms with van der Waals surface area (Å²) in [4.78, 5) is 0. The molecule has 0 spiro atoms. The summed E-state index contributed by atoms with van der Waals surface area (Å²) in [5, 5.41) is 57.1. The van der Waals surface area contributed by atoms with E-state index in [1.54, 1.807) is 31.2 Å². The molecule has 39 heavy (non-hydrogen) atoms. The van der Waals surface area contributed by atoms with Crippen LogP contribution in [0.4, 0.5) is 0 Å². The van der Waals surface area contributed by atoms with Gasteiger partial charge in [0.25, 0.3) is 0 Å². The quantitative estimate of drug-likeness (QED) is 0.276. The summed E-state index contributed by atoms with van der Waals surface area (Å²) < 4.78 is 32.6. The first-order valence-electron chi connectivity index (χ1n) is 12.5. The molecule has 1 aromatic carbocycles. The molecule has 9 atom stereocenters. The molecule has 6 N–H and O–H groups in total. The van der Waals surface area contributed by atoms with E-state index in [0.717, 1.165) is 0 Å². The predicted octanol–water partition coefficient (Wildman–Crippen LogP) is 1.63. The van der Waals surface area contributed by atoms with Crippen molar-refractivity contribution < 1.29 is 58.7 Å². The second-order valence-corrected chi connectivity index (χ2v) is 9.11. The Hall–Kier alpha value is -2.26. The van der Waals surface area contributed by atoms with E-state index in [0.29, 0.717) is 17.7 Å². The fourth-order valence-electron chi connectivity index (χ4n) is 4.34. The number of phenols is 1. The minimum absolute atomic E-state index is 0. The van der Waals surface area contributed by atoms with Gasteiger partial charge >= 0.3 is 0 Å². The molecule has 12 heteroatoms. The van der Waals surface area contributed by atoms with Crippen LogP contribution in [-0.2, 0) is 18.9 Å². The summed E-state index contributed by atoms with van der Waals surface area (Å²) in [6.45, 7) is 2.77. The number of hydrogen-bond acceptors (Lipinski definition) is 12. The van der Waals surface area contributed by atoms with Crippen LogP contribution in [0.15, 0.2) is 41.0 Å². The summed E-state index contributed by atoms with van der Waals surface area (Å²) in [6, 6.07) is 8.10. The lowest BCUT2D eigenvalue weighted by molar-refractivity contribution is -0.299. The molecule has 0 bridgehead atoms. The van der Waals surface area contributed by atoms with Crippen LogP contribution in [-0.4, -0.2) is 94.2 Å². The number of rotatable bonds is 8. The number of aromatic hydroxyl groups is 1. The molecule has 0 saturated carbocycles. The molecule has 2 fully saturated rings. The van der Waals surface area contributed by atoms with Crippen LogP contribution in [0.5, 0.6) is 11.5 Å². The van der Waals surface area contributed by atoms with Gasteiger partial charge in [0.1, 0.15) is 18.3 Å². The van der Waals surface area contributed by atoms with Crippen molar-refractivity contribution in [1.82, 2.24) is 0 Å². The standard InChI is InChI=1S/C15H22O7.C11H16O5.CH4/c1-8-13(7-17)21-15(22-14(8)11(19)6-16)9-3-4-10(18)12(5-9)20-2;1-2-7-10(13)9(6-12)16-11(15-7)8-4-3-5-14-8;/h3-5,8,11,13-19H,6-7H2,1-2H3;3-5,7,9-13H,2,6H2,1H3;1H4. The van der Waals surface area contributed by atoms with Crippen LogP contribution >= 0.6 is 0 Å². The van der Waals surface area contributed by atoms with Crippen LogP contribution < -0.4 is 4.74 Å². The van der Waals surface area contributed by atoms with Crippen molar-refractivity contribution in [2.24, 2.45) is 5.92 Å². The van der Waals surface area contributed by atoms with Gasteiger partial charge in [-0.05, 0) is 30.7 Å². The normalized spacial score (nSPS) is 31.4. The first-order valence-corrected chi connectivity index (χ1v) is 12.5. The van der Waals surface area contributed by atoms with Crippen molar-refractivity contribution in [1.29, 1.82) is 0 Å². The highest BCUT2D eigenvalue weighted by Crippen LogP contribution is 2.37. The van der Waals surface area contributed by atoms with Gasteiger partial charge in [-0.25, -0.2) is 0 Å². The Morgan fingerprint density at radius 3 is 2.18 bits per heavy atom. The van der Waals surface area contributed by atoms with E-state index in [-0.39, 0.29) is 44.2 Å². The number of methoxy groups -OCH3 is 1. The molecule has 2 aromatic rings. The van der Waals surface area contributed by atoms with Gasteiger partial charge in [-0.15, -0.1) is 0 Å². The minimum Gasteiger partial charge on any atom is -0.504 e. The first-order chi connectivity index (χ1) is 18.3. The highest BCUT2D eigenvalue weighted by atomic mass is 16.7. The van der Waals surface area contributed by atoms with Gasteiger partial charge in [-0.3, -0.25) is 0 Å². The van der Waals surface area contributed by atoms with E-state index in [1.807, 2.05) is 6.92 Å². The highest BCUT2D eigenvalue weighted by molar-refractivity contribution is 5.42. The Labute approximate surface area is 228 Å². The molecule has 4 rings (SSSR count). The second kappa shape index (κ2) is 15.5. The lowest BCUT2D eigenvalue weighted by atomic mass is 9.92. The Balaban J connectivity index is 0.000000279. The van der Waals surface area contributed by atoms with Crippen LogP contribution in [0, 0.1) is 5.92 Å². The van der Waals surface area contributed by atoms with E-state index in [2.05, 4.69) is 0 Å². The maximum atomic E-state index is 9.90. The molecule has 12 nitrogen and oxygen atoms in total. The summed E-state index contributed by atoms with van der Waals surface area (Å²) >= 11 is 0. The van der Waals surface area contributed by atoms with Crippen LogP contribution in [0.1, 0.15) is 51.6 Å². The topological polar surface area (TPSA) is 181 Å². The van der Waals surface area contributed by atoms with Crippen molar-refractivity contribution >= 4 is 0 Å². The average Bonchev–Trinajstić information content (AvgIpc) is 3.49. The summed E-state index contributed by atoms with van der Waals surface area (Å²) in [7, 11) is 1.43. The van der Waals surface area contributed by atoms with E-state index in [9.17, 15) is 20.4 Å². The molecule has 2 aliphatic heterocycles. The Morgan fingerprint density at radius 2 is 1.62 bits per heavy atom. The Morgan fingerprint density at radius 1 is 0.949 bits per heavy atom. The lowest BCUT2D eigenvalue weighted by Crippen LogP contribution is -2.49. The number of aliphatic hydroxyl groups excluding tert-OH is 5. The van der Waals surface area contributed by atoms with Gasteiger partial charge < -0.3 is 58.7 Å². The monoisotopic (exact) mass is 558 g/mol. The zero-order chi connectivity index (χ0) is 27.8. The zero-order valence-corrected chi connectivity index (χ0v) is 21.6. The third-order valence-corrected chi connectivity index (χ3v) is 6.62. The fraction of sp³-hybridized carbons (Fsp3) is 0.630. The van der Waals surface area contributed by atoms with E-state index < -0.39 is 49.7 Å². The average molecular weight is 559 g/mol. The molecule has 1 aromatic heterocycles. The molecule has 2 aliphatic rings. The number of phenolic OH excluding ortho intramolecular Hbond substituents is 1. The second-order valence-electron chi connectivity index (χ2n) is 9.11. The van der Waals surface area contributed by atoms with Crippen molar-refractivity contribution in [3.63, 3.8) is 0 Å². The number of ether oxygens (including phenoxy) is 5. The van der Waals surface area contributed by atoms with Crippen molar-refractivity contribution in [2.75, 3.05) is 26.9 Å². The Bertz CT molecular complexity index is 940. The largest absolute Gasteiger partial charge is 0.504 e. The van der Waals surface area contributed by atoms with Gasteiger partial charge in [0.05, 0.1) is 51.5 Å². The molecule has 0 amide bonds. The lowest BCUT2D eigenvalue weighted by Gasteiger charge is -2.41.